The fourth-order valence-electron chi connectivity index (χ4n) is 2.77. The molecule has 0 saturated carbocycles. The summed E-state index contributed by atoms with van der Waals surface area (Å²) in [5.74, 6) is -1.25. The third-order valence-electron chi connectivity index (χ3n) is 4.17. The molecule has 3 aromatic rings. The lowest BCUT2D eigenvalue weighted by molar-refractivity contribution is 0.534. The van der Waals surface area contributed by atoms with Gasteiger partial charge in [0.15, 0.2) is 0 Å². The van der Waals surface area contributed by atoms with Crippen molar-refractivity contribution in [1.29, 1.82) is 0 Å². The molecule has 3 rings (SSSR count). The van der Waals surface area contributed by atoms with Crippen LogP contribution in [0.1, 0.15) is 29.8 Å². The van der Waals surface area contributed by atoms with E-state index in [0.717, 1.165) is 23.4 Å². The van der Waals surface area contributed by atoms with Crippen LogP contribution in [-0.2, 0) is 6.54 Å². The van der Waals surface area contributed by atoms with Crippen LogP contribution in [0.4, 0.5) is 13.2 Å². The maximum absolute atomic E-state index is 13.7. The summed E-state index contributed by atoms with van der Waals surface area (Å²) in [6.45, 7) is 3.99. The second-order valence-corrected chi connectivity index (χ2v) is 5.92. The molecule has 0 aliphatic carbocycles. The zero-order chi connectivity index (χ0) is 18.0. The highest BCUT2D eigenvalue weighted by Crippen LogP contribution is 2.21. The Morgan fingerprint density at radius 1 is 1.08 bits per heavy atom. The van der Waals surface area contributed by atoms with Crippen molar-refractivity contribution in [3.63, 3.8) is 0 Å². The summed E-state index contributed by atoms with van der Waals surface area (Å²) < 4.78 is 42.0. The maximum atomic E-state index is 13.7. The highest BCUT2D eigenvalue weighted by atomic mass is 19.1. The highest BCUT2D eigenvalue weighted by molar-refractivity contribution is 5.36. The minimum absolute atomic E-state index is 0.134. The molecule has 0 radical (unpaired) electrons. The van der Waals surface area contributed by atoms with Gasteiger partial charge in [-0.05, 0) is 50.2 Å². The molecule has 1 atom stereocenters. The Balaban J connectivity index is 1.77. The standard InChI is InChI=1S/C19H18F3N3/c1-12(23-10-14-8-16(21)6-7-19(14)22)18-11-24-25(13(18)2)17-5-3-4-15(20)9-17/h3-9,11-12,23H,10H2,1-2H3. The smallest absolute Gasteiger partial charge is 0.127 e. The molecule has 0 bridgehead atoms. The van der Waals surface area contributed by atoms with Crippen molar-refractivity contribution in [2.75, 3.05) is 0 Å². The molecule has 1 N–H and O–H groups in total. The quantitative estimate of drug-likeness (QED) is 0.740. The van der Waals surface area contributed by atoms with Gasteiger partial charge in [0.2, 0.25) is 0 Å². The van der Waals surface area contributed by atoms with Crippen LogP contribution in [0.25, 0.3) is 5.69 Å². The minimum Gasteiger partial charge on any atom is -0.306 e. The Bertz CT molecular complexity index is 889. The topological polar surface area (TPSA) is 29.9 Å². The zero-order valence-corrected chi connectivity index (χ0v) is 13.9. The van der Waals surface area contributed by atoms with Crippen LogP contribution < -0.4 is 5.32 Å². The van der Waals surface area contributed by atoms with Gasteiger partial charge in [-0.1, -0.05) is 6.07 Å². The van der Waals surface area contributed by atoms with Gasteiger partial charge in [0.25, 0.3) is 0 Å². The zero-order valence-electron chi connectivity index (χ0n) is 13.9. The molecule has 1 heterocycles. The predicted octanol–water partition coefficient (Wildman–Crippen LogP) is 4.45. The number of halogens is 3. The summed E-state index contributed by atoms with van der Waals surface area (Å²) in [5, 5.41) is 7.48. The number of nitrogens with one attached hydrogen (secondary N) is 1. The lowest BCUT2D eigenvalue weighted by Gasteiger charge is -2.14. The number of hydrogen-bond donors (Lipinski definition) is 1. The van der Waals surface area contributed by atoms with Crippen LogP contribution in [0.3, 0.4) is 0 Å². The fourth-order valence-corrected chi connectivity index (χ4v) is 2.77. The molecule has 0 amide bonds. The van der Waals surface area contributed by atoms with Gasteiger partial charge in [-0.15, -0.1) is 0 Å². The van der Waals surface area contributed by atoms with E-state index in [4.69, 9.17) is 0 Å². The van der Waals surface area contributed by atoms with Crippen molar-refractivity contribution in [2.24, 2.45) is 0 Å². The van der Waals surface area contributed by atoms with Gasteiger partial charge in [-0.25, -0.2) is 17.9 Å². The van der Waals surface area contributed by atoms with Crippen LogP contribution in [-0.4, -0.2) is 9.78 Å². The normalized spacial score (nSPS) is 12.4. The van der Waals surface area contributed by atoms with Crippen molar-refractivity contribution in [1.82, 2.24) is 15.1 Å². The van der Waals surface area contributed by atoms with Gasteiger partial charge in [-0.2, -0.15) is 5.10 Å². The maximum Gasteiger partial charge on any atom is 0.127 e. The van der Waals surface area contributed by atoms with Crippen LogP contribution >= 0.6 is 0 Å². The molecule has 0 saturated heterocycles. The van der Waals surface area contributed by atoms with E-state index in [2.05, 4.69) is 10.4 Å². The van der Waals surface area contributed by atoms with E-state index in [1.54, 1.807) is 23.0 Å². The average molecular weight is 345 g/mol. The molecule has 2 aromatic carbocycles. The second kappa shape index (κ2) is 7.11. The van der Waals surface area contributed by atoms with Gasteiger partial charge < -0.3 is 5.32 Å². The first kappa shape index (κ1) is 17.2. The molecule has 0 spiro atoms. The number of benzene rings is 2. The van der Waals surface area contributed by atoms with Crippen molar-refractivity contribution in [2.45, 2.75) is 26.4 Å². The molecule has 1 unspecified atom stereocenters. The molecule has 3 nitrogen and oxygen atoms in total. The first-order valence-corrected chi connectivity index (χ1v) is 7.93. The Morgan fingerprint density at radius 2 is 1.84 bits per heavy atom. The van der Waals surface area contributed by atoms with E-state index in [-0.39, 0.29) is 24.0 Å². The molecule has 25 heavy (non-hydrogen) atoms. The van der Waals surface area contributed by atoms with E-state index >= 15 is 0 Å². The Labute approximate surface area is 144 Å². The fraction of sp³-hybridized carbons (Fsp3) is 0.211. The van der Waals surface area contributed by atoms with Gasteiger partial charge >= 0.3 is 0 Å². The number of hydrogen-bond acceptors (Lipinski definition) is 2. The van der Waals surface area contributed by atoms with Crippen LogP contribution in [0, 0.1) is 24.4 Å². The third kappa shape index (κ3) is 3.74. The minimum atomic E-state index is -0.471. The summed E-state index contributed by atoms with van der Waals surface area (Å²) in [7, 11) is 0. The lowest BCUT2D eigenvalue weighted by atomic mass is 10.1. The number of aromatic nitrogens is 2. The number of nitrogens with zero attached hydrogens (tertiary/aromatic N) is 2. The monoisotopic (exact) mass is 345 g/mol. The summed E-state index contributed by atoms with van der Waals surface area (Å²) in [6, 6.07) is 9.43. The van der Waals surface area contributed by atoms with E-state index in [9.17, 15) is 13.2 Å². The molecule has 0 aliphatic heterocycles. The van der Waals surface area contributed by atoms with Crippen LogP contribution in [0.15, 0.2) is 48.7 Å². The van der Waals surface area contributed by atoms with E-state index in [1.165, 1.54) is 18.2 Å². The van der Waals surface area contributed by atoms with E-state index < -0.39 is 11.6 Å². The van der Waals surface area contributed by atoms with Gasteiger partial charge in [-0.3, -0.25) is 0 Å². The van der Waals surface area contributed by atoms with Crippen molar-refractivity contribution < 1.29 is 13.2 Å². The largest absolute Gasteiger partial charge is 0.306 e. The predicted molar refractivity (Wildman–Crippen MR) is 89.9 cm³/mol. The summed E-state index contributed by atoms with van der Waals surface area (Å²) in [6.07, 6.45) is 1.69. The summed E-state index contributed by atoms with van der Waals surface area (Å²) in [5.41, 5.74) is 2.65. The van der Waals surface area contributed by atoms with Crippen molar-refractivity contribution in [3.8, 4) is 5.69 Å². The molecule has 1 aromatic heterocycles. The van der Waals surface area contributed by atoms with Crippen LogP contribution in [0.5, 0.6) is 0 Å². The second-order valence-electron chi connectivity index (χ2n) is 5.92. The van der Waals surface area contributed by atoms with Gasteiger partial charge in [0.05, 0.1) is 11.9 Å². The molecule has 0 fully saturated rings. The molecular formula is C19H18F3N3. The van der Waals surface area contributed by atoms with E-state index in [1.807, 2.05) is 13.8 Å². The first-order chi connectivity index (χ1) is 12.0. The SMILES string of the molecule is Cc1c(C(C)NCc2cc(F)ccc2F)cnn1-c1cccc(F)c1. The average Bonchev–Trinajstić information content (AvgIpc) is 2.97. The van der Waals surface area contributed by atoms with Gasteiger partial charge in [0, 0.05) is 29.4 Å². The molecule has 130 valence electrons. The molecule has 6 heteroatoms. The Kier molecular flexibility index (Phi) is 4.90. The number of rotatable bonds is 5. The van der Waals surface area contributed by atoms with Crippen LogP contribution in [0.2, 0.25) is 0 Å². The van der Waals surface area contributed by atoms with E-state index in [0.29, 0.717) is 5.69 Å². The highest BCUT2D eigenvalue weighted by Gasteiger charge is 2.15. The van der Waals surface area contributed by atoms with Crippen molar-refractivity contribution >= 4 is 0 Å². The summed E-state index contributed by atoms with van der Waals surface area (Å²) >= 11 is 0. The Morgan fingerprint density at radius 3 is 2.60 bits per heavy atom. The third-order valence-corrected chi connectivity index (χ3v) is 4.17. The molecule has 0 aliphatic rings. The van der Waals surface area contributed by atoms with Gasteiger partial charge in [0.1, 0.15) is 17.5 Å². The lowest BCUT2D eigenvalue weighted by Crippen LogP contribution is -2.19. The summed E-state index contributed by atoms with van der Waals surface area (Å²) in [4.78, 5) is 0. The molecular weight excluding hydrogens is 327 g/mol. The first-order valence-electron chi connectivity index (χ1n) is 7.93. The van der Waals surface area contributed by atoms with Crippen molar-refractivity contribution in [3.05, 3.63) is 82.9 Å². The Hall–Kier alpha value is -2.60.